The Labute approximate surface area is 70.1 Å². The highest BCUT2D eigenvalue weighted by molar-refractivity contribution is 5.01. The molecule has 0 aromatic carbocycles. The minimum absolute atomic E-state index is 0.298. The zero-order valence-electron chi connectivity index (χ0n) is 6.80. The van der Waals surface area contributed by atoms with Crippen molar-refractivity contribution in [2.75, 3.05) is 0 Å². The Morgan fingerprint density at radius 2 is 2.50 bits per heavy atom. The third-order valence-corrected chi connectivity index (χ3v) is 1.38. The average Bonchev–Trinajstić information content (AvgIpc) is 2.15. The molecule has 0 aliphatic rings. The quantitative estimate of drug-likeness (QED) is 0.387. The number of aryl methyl sites for hydroxylation is 1. The van der Waals surface area contributed by atoms with E-state index < -0.39 is 0 Å². The van der Waals surface area contributed by atoms with Crippen LogP contribution in [-0.2, 0) is 13.0 Å². The van der Waals surface area contributed by atoms with E-state index in [2.05, 4.69) is 20.0 Å². The predicted molar refractivity (Wildman–Crippen MR) is 44.3 cm³/mol. The van der Waals surface area contributed by atoms with E-state index in [1.807, 2.05) is 6.92 Å². The fourth-order valence-electron chi connectivity index (χ4n) is 0.804. The van der Waals surface area contributed by atoms with Crippen molar-refractivity contribution in [3.63, 3.8) is 0 Å². The van der Waals surface area contributed by atoms with Crippen molar-refractivity contribution in [1.82, 2.24) is 9.97 Å². The minimum Gasteiger partial charge on any atom is -0.241 e. The Morgan fingerprint density at radius 1 is 1.67 bits per heavy atom. The molecule has 0 spiro atoms. The molecule has 1 aromatic rings. The molecule has 62 valence electrons. The monoisotopic (exact) mass is 163 g/mol. The summed E-state index contributed by atoms with van der Waals surface area (Å²) in [5.41, 5.74) is 8.83. The zero-order chi connectivity index (χ0) is 8.81. The molecular formula is C7H9N5. The first kappa shape index (κ1) is 8.49. The molecule has 0 saturated carbocycles. The van der Waals surface area contributed by atoms with Crippen molar-refractivity contribution >= 4 is 0 Å². The molecular weight excluding hydrogens is 154 g/mol. The van der Waals surface area contributed by atoms with Gasteiger partial charge in [-0.2, -0.15) is 0 Å². The fourth-order valence-corrected chi connectivity index (χ4v) is 0.804. The molecule has 0 saturated heterocycles. The summed E-state index contributed by atoms with van der Waals surface area (Å²) < 4.78 is 0. The molecule has 5 heteroatoms. The fraction of sp³-hybridized carbons (Fsp3) is 0.429. The number of nitrogens with zero attached hydrogens (tertiary/aromatic N) is 5. The van der Waals surface area contributed by atoms with Crippen molar-refractivity contribution in [3.8, 4) is 0 Å². The SMILES string of the molecule is CCc1nccc(CN=[N+]=[N-])n1. The second-order valence-electron chi connectivity index (χ2n) is 2.21. The normalized spacial score (nSPS) is 9.08. The highest BCUT2D eigenvalue weighted by Crippen LogP contribution is 1.98. The van der Waals surface area contributed by atoms with Gasteiger partial charge in [-0.1, -0.05) is 12.0 Å². The Kier molecular flexibility index (Phi) is 3.04. The maximum Gasteiger partial charge on any atom is 0.128 e. The lowest BCUT2D eigenvalue weighted by molar-refractivity contribution is 0.872. The number of hydrogen-bond donors (Lipinski definition) is 0. The summed E-state index contributed by atoms with van der Waals surface area (Å²) in [4.78, 5) is 10.8. The Morgan fingerprint density at radius 3 is 3.17 bits per heavy atom. The molecule has 0 amide bonds. The van der Waals surface area contributed by atoms with Crippen LogP contribution in [-0.4, -0.2) is 9.97 Å². The van der Waals surface area contributed by atoms with Crippen LogP contribution in [0.1, 0.15) is 18.4 Å². The largest absolute Gasteiger partial charge is 0.241 e. The van der Waals surface area contributed by atoms with Gasteiger partial charge in [0.2, 0.25) is 0 Å². The molecule has 0 atom stereocenters. The van der Waals surface area contributed by atoms with Gasteiger partial charge in [-0.3, -0.25) is 0 Å². The summed E-state index contributed by atoms with van der Waals surface area (Å²) in [6, 6.07) is 1.74. The highest BCUT2D eigenvalue weighted by atomic mass is 15.1. The van der Waals surface area contributed by atoms with E-state index in [-0.39, 0.29) is 0 Å². The van der Waals surface area contributed by atoms with E-state index in [1.54, 1.807) is 12.3 Å². The standard InChI is InChI=1S/C7H9N5/c1-2-7-9-4-3-6(11-7)5-10-12-8/h3-4H,2,5H2,1H3. The van der Waals surface area contributed by atoms with E-state index in [4.69, 9.17) is 5.53 Å². The van der Waals surface area contributed by atoms with Crippen LogP contribution in [0.4, 0.5) is 0 Å². The second kappa shape index (κ2) is 4.31. The van der Waals surface area contributed by atoms with Crippen molar-refractivity contribution in [3.05, 3.63) is 34.2 Å². The minimum atomic E-state index is 0.298. The Balaban J connectivity index is 2.78. The predicted octanol–water partition coefficient (Wildman–Crippen LogP) is 1.85. The van der Waals surface area contributed by atoms with Crippen LogP contribution < -0.4 is 0 Å². The first-order chi connectivity index (χ1) is 5.86. The third kappa shape index (κ3) is 2.21. The van der Waals surface area contributed by atoms with Gasteiger partial charge < -0.3 is 0 Å². The van der Waals surface area contributed by atoms with Crippen LogP contribution in [0, 0.1) is 0 Å². The van der Waals surface area contributed by atoms with Crippen LogP contribution in [0.5, 0.6) is 0 Å². The third-order valence-electron chi connectivity index (χ3n) is 1.38. The molecule has 1 aromatic heterocycles. The van der Waals surface area contributed by atoms with Gasteiger partial charge in [-0.05, 0) is 11.6 Å². The first-order valence-corrected chi connectivity index (χ1v) is 3.68. The summed E-state index contributed by atoms with van der Waals surface area (Å²) in [6.07, 6.45) is 2.47. The summed E-state index contributed by atoms with van der Waals surface area (Å²) >= 11 is 0. The molecule has 0 aliphatic heterocycles. The van der Waals surface area contributed by atoms with E-state index >= 15 is 0 Å². The molecule has 0 fully saturated rings. The molecule has 0 bridgehead atoms. The Bertz CT molecular complexity index is 302. The molecule has 0 aliphatic carbocycles. The lowest BCUT2D eigenvalue weighted by Crippen LogP contribution is -1.95. The van der Waals surface area contributed by atoms with Gasteiger partial charge in [0, 0.05) is 23.2 Å². The van der Waals surface area contributed by atoms with Gasteiger partial charge in [-0.25, -0.2) is 9.97 Å². The molecule has 12 heavy (non-hydrogen) atoms. The van der Waals surface area contributed by atoms with Gasteiger partial charge in [-0.15, -0.1) is 0 Å². The van der Waals surface area contributed by atoms with Gasteiger partial charge >= 0.3 is 0 Å². The van der Waals surface area contributed by atoms with E-state index in [9.17, 15) is 0 Å². The summed E-state index contributed by atoms with van der Waals surface area (Å²) in [5.74, 6) is 0.778. The lowest BCUT2D eigenvalue weighted by atomic mass is 10.4. The smallest absolute Gasteiger partial charge is 0.128 e. The number of hydrogen-bond acceptors (Lipinski definition) is 3. The lowest BCUT2D eigenvalue weighted by Gasteiger charge is -1.96. The van der Waals surface area contributed by atoms with Crippen molar-refractivity contribution in [2.45, 2.75) is 19.9 Å². The first-order valence-electron chi connectivity index (χ1n) is 3.68. The molecule has 0 radical (unpaired) electrons. The highest BCUT2D eigenvalue weighted by Gasteiger charge is 1.94. The van der Waals surface area contributed by atoms with Crippen LogP contribution in [0.2, 0.25) is 0 Å². The summed E-state index contributed by atoms with van der Waals surface area (Å²) in [5, 5.41) is 3.41. The van der Waals surface area contributed by atoms with Crippen molar-refractivity contribution in [2.24, 2.45) is 5.11 Å². The van der Waals surface area contributed by atoms with E-state index in [0.717, 1.165) is 17.9 Å². The summed E-state index contributed by atoms with van der Waals surface area (Å²) in [6.45, 7) is 2.28. The summed E-state index contributed by atoms with van der Waals surface area (Å²) in [7, 11) is 0. The van der Waals surface area contributed by atoms with Crippen LogP contribution >= 0.6 is 0 Å². The van der Waals surface area contributed by atoms with Crippen molar-refractivity contribution < 1.29 is 0 Å². The maximum absolute atomic E-state index is 8.07. The maximum atomic E-state index is 8.07. The van der Waals surface area contributed by atoms with Gasteiger partial charge in [0.05, 0.1) is 6.54 Å². The van der Waals surface area contributed by atoms with Crippen LogP contribution in [0.15, 0.2) is 17.4 Å². The van der Waals surface area contributed by atoms with Crippen LogP contribution in [0.25, 0.3) is 10.4 Å². The van der Waals surface area contributed by atoms with Gasteiger partial charge in [0.15, 0.2) is 0 Å². The van der Waals surface area contributed by atoms with Gasteiger partial charge in [0.1, 0.15) is 5.82 Å². The number of rotatable bonds is 3. The average molecular weight is 163 g/mol. The van der Waals surface area contributed by atoms with Gasteiger partial charge in [0.25, 0.3) is 0 Å². The van der Waals surface area contributed by atoms with Crippen molar-refractivity contribution in [1.29, 1.82) is 0 Å². The number of aromatic nitrogens is 2. The number of azide groups is 1. The Hall–Kier alpha value is -1.61. The molecule has 0 unspecified atom stereocenters. The molecule has 0 N–H and O–H groups in total. The molecule has 1 rings (SSSR count). The second-order valence-corrected chi connectivity index (χ2v) is 2.21. The van der Waals surface area contributed by atoms with E-state index in [1.165, 1.54) is 0 Å². The molecule has 1 heterocycles. The van der Waals surface area contributed by atoms with E-state index in [0.29, 0.717) is 6.54 Å². The van der Waals surface area contributed by atoms with Crippen LogP contribution in [0.3, 0.4) is 0 Å². The molecule has 5 nitrogen and oxygen atoms in total. The topological polar surface area (TPSA) is 74.5 Å². The zero-order valence-corrected chi connectivity index (χ0v) is 6.80.